The van der Waals surface area contributed by atoms with Gasteiger partial charge in [-0.2, -0.15) is 0 Å². The third-order valence-corrected chi connectivity index (χ3v) is 3.39. The van der Waals surface area contributed by atoms with E-state index in [0.717, 1.165) is 28.3 Å². The van der Waals surface area contributed by atoms with Gasteiger partial charge < -0.3 is 4.74 Å². The van der Waals surface area contributed by atoms with E-state index in [1.54, 1.807) is 7.11 Å². The minimum atomic E-state index is 0.668. The molecule has 0 spiro atoms. The molecule has 2 rings (SSSR count). The highest BCUT2D eigenvalue weighted by Crippen LogP contribution is 2.33. The molecule has 3 nitrogen and oxygen atoms in total. The standard InChI is InChI=1S/C12H11NO2S/c1-8-11(7-14)16-12(13-8)9-5-3-4-6-10(9)15-2/h3-7H,1-2H3. The Morgan fingerprint density at radius 1 is 1.38 bits per heavy atom. The van der Waals surface area contributed by atoms with Crippen molar-refractivity contribution >= 4 is 17.6 Å². The summed E-state index contributed by atoms with van der Waals surface area (Å²) in [4.78, 5) is 15.8. The van der Waals surface area contributed by atoms with E-state index in [9.17, 15) is 4.79 Å². The van der Waals surface area contributed by atoms with Crippen molar-refractivity contribution in [1.82, 2.24) is 4.98 Å². The number of aryl methyl sites for hydroxylation is 1. The molecule has 4 heteroatoms. The van der Waals surface area contributed by atoms with Crippen molar-refractivity contribution in [2.75, 3.05) is 7.11 Å². The molecule has 1 heterocycles. The van der Waals surface area contributed by atoms with E-state index in [4.69, 9.17) is 4.74 Å². The summed E-state index contributed by atoms with van der Waals surface area (Å²) in [5.41, 5.74) is 1.69. The summed E-state index contributed by atoms with van der Waals surface area (Å²) in [7, 11) is 1.62. The fourth-order valence-corrected chi connectivity index (χ4v) is 2.37. The highest BCUT2D eigenvalue weighted by molar-refractivity contribution is 7.16. The highest BCUT2D eigenvalue weighted by atomic mass is 32.1. The molecule has 16 heavy (non-hydrogen) atoms. The molecule has 0 bridgehead atoms. The number of methoxy groups -OCH3 is 1. The van der Waals surface area contributed by atoms with Gasteiger partial charge >= 0.3 is 0 Å². The Hall–Kier alpha value is -1.68. The molecule has 0 fully saturated rings. The first-order valence-corrected chi connectivity index (χ1v) is 5.64. The smallest absolute Gasteiger partial charge is 0.161 e. The second-order valence-corrected chi connectivity index (χ2v) is 4.32. The van der Waals surface area contributed by atoms with Crippen molar-refractivity contribution < 1.29 is 9.53 Å². The first-order chi connectivity index (χ1) is 7.76. The van der Waals surface area contributed by atoms with Crippen molar-refractivity contribution in [2.24, 2.45) is 0 Å². The molecule has 0 atom stereocenters. The molecule has 0 radical (unpaired) electrons. The van der Waals surface area contributed by atoms with Crippen molar-refractivity contribution in [1.29, 1.82) is 0 Å². The Morgan fingerprint density at radius 3 is 2.75 bits per heavy atom. The van der Waals surface area contributed by atoms with Crippen molar-refractivity contribution in [3.63, 3.8) is 0 Å². The van der Waals surface area contributed by atoms with Gasteiger partial charge in [0.1, 0.15) is 10.8 Å². The minimum Gasteiger partial charge on any atom is -0.496 e. The number of benzene rings is 1. The number of aromatic nitrogens is 1. The molecule has 0 saturated carbocycles. The Morgan fingerprint density at radius 2 is 2.12 bits per heavy atom. The number of rotatable bonds is 3. The normalized spacial score (nSPS) is 10.1. The van der Waals surface area contributed by atoms with Gasteiger partial charge in [0.15, 0.2) is 6.29 Å². The second kappa shape index (κ2) is 4.45. The zero-order valence-corrected chi connectivity index (χ0v) is 9.88. The van der Waals surface area contributed by atoms with E-state index in [2.05, 4.69) is 4.98 Å². The Kier molecular flexibility index (Phi) is 3.01. The average molecular weight is 233 g/mol. The van der Waals surface area contributed by atoms with Crippen LogP contribution in [0.25, 0.3) is 10.6 Å². The van der Waals surface area contributed by atoms with Crippen LogP contribution in [0.2, 0.25) is 0 Å². The van der Waals surface area contributed by atoms with Gasteiger partial charge in [-0.05, 0) is 19.1 Å². The van der Waals surface area contributed by atoms with Crippen LogP contribution in [-0.2, 0) is 0 Å². The number of nitrogens with zero attached hydrogens (tertiary/aromatic N) is 1. The molecule has 0 aliphatic carbocycles. The van der Waals surface area contributed by atoms with Crippen LogP contribution >= 0.6 is 11.3 Å². The van der Waals surface area contributed by atoms with Crippen LogP contribution in [0.15, 0.2) is 24.3 Å². The molecular formula is C12H11NO2S. The van der Waals surface area contributed by atoms with E-state index in [1.807, 2.05) is 31.2 Å². The van der Waals surface area contributed by atoms with Gasteiger partial charge in [0.05, 0.1) is 23.2 Å². The number of hydrogen-bond donors (Lipinski definition) is 0. The number of aldehydes is 1. The van der Waals surface area contributed by atoms with Gasteiger partial charge in [-0.3, -0.25) is 4.79 Å². The van der Waals surface area contributed by atoms with Gasteiger partial charge in [-0.15, -0.1) is 11.3 Å². The fraction of sp³-hybridized carbons (Fsp3) is 0.167. The Bertz CT molecular complexity index is 519. The summed E-state index contributed by atoms with van der Waals surface area (Å²) < 4.78 is 5.26. The molecular weight excluding hydrogens is 222 g/mol. The molecule has 0 amide bonds. The topological polar surface area (TPSA) is 39.2 Å². The van der Waals surface area contributed by atoms with Crippen molar-refractivity contribution in [2.45, 2.75) is 6.92 Å². The molecule has 0 aliphatic heterocycles. The van der Waals surface area contributed by atoms with Crippen LogP contribution in [0.5, 0.6) is 5.75 Å². The average Bonchev–Trinajstić information content (AvgIpc) is 2.70. The lowest BCUT2D eigenvalue weighted by Crippen LogP contribution is -1.86. The van der Waals surface area contributed by atoms with Crippen LogP contribution < -0.4 is 4.74 Å². The van der Waals surface area contributed by atoms with Gasteiger partial charge in [-0.25, -0.2) is 4.98 Å². The summed E-state index contributed by atoms with van der Waals surface area (Å²) in [5, 5.41) is 0.817. The zero-order chi connectivity index (χ0) is 11.5. The first kappa shape index (κ1) is 10.8. The van der Waals surface area contributed by atoms with Crippen LogP contribution in [0.1, 0.15) is 15.4 Å². The summed E-state index contributed by atoms with van der Waals surface area (Å²) in [6.07, 6.45) is 0.839. The molecule has 0 saturated heterocycles. The van der Waals surface area contributed by atoms with Gasteiger partial charge in [0.2, 0.25) is 0 Å². The van der Waals surface area contributed by atoms with E-state index >= 15 is 0 Å². The van der Waals surface area contributed by atoms with E-state index in [0.29, 0.717) is 4.88 Å². The van der Waals surface area contributed by atoms with Gasteiger partial charge in [0, 0.05) is 0 Å². The molecule has 82 valence electrons. The van der Waals surface area contributed by atoms with Gasteiger partial charge in [-0.1, -0.05) is 12.1 Å². The molecule has 2 aromatic rings. The highest BCUT2D eigenvalue weighted by Gasteiger charge is 2.11. The van der Waals surface area contributed by atoms with Crippen molar-refractivity contribution in [3.8, 4) is 16.3 Å². The van der Waals surface area contributed by atoms with E-state index in [-0.39, 0.29) is 0 Å². The number of carbonyl (C=O) groups excluding carboxylic acids is 1. The fourth-order valence-electron chi connectivity index (χ4n) is 1.45. The summed E-state index contributed by atoms with van der Waals surface area (Å²) in [5.74, 6) is 0.772. The summed E-state index contributed by atoms with van der Waals surface area (Å²) >= 11 is 1.38. The molecule has 0 unspecified atom stereocenters. The van der Waals surface area contributed by atoms with E-state index < -0.39 is 0 Å². The van der Waals surface area contributed by atoms with Crippen LogP contribution in [0, 0.1) is 6.92 Å². The summed E-state index contributed by atoms with van der Waals surface area (Å²) in [6.45, 7) is 1.83. The zero-order valence-electron chi connectivity index (χ0n) is 9.06. The number of hydrogen-bond acceptors (Lipinski definition) is 4. The monoisotopic (exact) mass is 233 g/mol. The van der Waals surface area contributed by atoms with Crippen LogP contribution in [0.4, 0.5) is 0 Å². The summed E-state index contributed by atoms with van der Waals surface area (Å²) in [6, 6.07) is 7.65. The largest absolute Gasteiger partial charge is 0.496 e. The quantitative estimate of drug-likeness (QED) is 0.765. The molecule has 0 aliphatic rings. The number of thiazole rings is 1. The predicted octanol–water partition coefficient (Wildman–Crippen LogP) is 2.94. The van der Waals surface area contributed by atoms with Gasteiger partial charge in [0.25, 0.3) is 0 Å². The SMILES string of the molecule is COc1ccccc1-c1nc(C)c(C=O)s1. The molecule has 0 N–H and O–H groups in total. The lowest BCUT2D eigenvalue weighted by atomic mass is 10.2. The lowest BCUT2D eigenvalue weighted by Gasteiger charge is -2.04. The van der Waals surface area contributed by atoms with Crippen molar-refractivity contribution in [3.05, 3.63) is 34.8 Å². The maximum atomic E-state index is 10.8. The third-order valence-electron chi connectivity index (χ3n) is 2.28. The number of carbonyl (C=O) groups is 1. The maximum Gasteiger partial charge on any atom is 0.161 e. The van der Waals surface area contributed by atoms with E-state index in [1.165, 1.54) is 11.3 Å². The maximum absolute atomic E-state index is 10.8. The molecule has 1 aromatic carbocycles. The Labute approximate surface area is 97.7 Å². The number of ether oxygens (including phenoxy) is 1. The second-order valence-electron chi connectivity index (χ2n) is 3.29. The predicted molar refractivity (Wildman–Crippen MR) is 64.2 cm³/mol. The minimum absolute atomic E-state index is 0.668. The Balaban J connectivity index is 2.53. The van der Waals surface area contributed by atoms with Crippen LogP contribution in [0.3, 0.4) is 0 Å². The van der Waals surface area contributed by atoms with Crippen LogP contribution in [-0.4, -0.2) is 18.4 Å². The lowest BCUT2D eigenvalue weighted by molar-refractivity contribution is 0.112. The first-order valence-electron chi connectivity index (χ1n) is 4.82. The number of para-hydroxylation sites is 1. The molecule has 1 aromatic heterocycles. The third kappa shape index (κ3) is 1.84.